The molecule has 1 aliphatic heterocycles. The van der Waals surface area contributed by atoms with Gasteiger partial charge in [-0.25, -0.2) is 18.2 Å². The van der Waals surface area contributed by atoms with Crippen LogP contribution in [0.2, 0.25) is 5.02 Å². The van der Waals surface area contributed by atoms with Gasteiger partial charge in [0.2, 0.25) is 5.91 Å². The highest BCUT2D eigenvalue weighted by Gasteiger charge is 2.23. The van der Waals surface area contributed by atoms with E-state index in [0.717, 1.165) is 23.6 Å². The Morgan fingerprint density at radius 3 is 2.57 bits per heavy atom. The van der Waals surface area contributed by atoms with Crippen molar-refractivity contribution in [2.45, 2.75) is 37.2 Å². The molecule has 1 saturated heterocycles. The molecule has 11 nitrogen and oxygen atoms in total. The molecule has 1 aliphatic rings. The topological polar surface area (TPSA) is 156 Å². The number of pyridine rings is 1. The molecule has 5 rings (SSSR count). The number of carbonyl (C=O) groups excluding carboxylic acids is 2. The molecule has 2 heterocycles. The summed E-state index contributed by atoms with van der Waals surface area (Å²) in [5.41, 5.74) is 8.01. The van der Waals surface area contributed by atoms with Crippen molar-refractivity contribution >= 4 is 62.2 Å². The van der Waals surface area contributed by atoms with E-state index in [1.807, 2.05) is 25.1 Å². The summed E-state index contributed by atoms with van der Waals surface area (Å²) >= 11 is 6.33. The summed E-state index contributed by atoms with van der Waals surface area (Å²) in [6.07, 6.45) is 3.50. The van der Waals surface area contributed by atoms with Crippen LogP contribution in [0.1, 0.15) is 36.9 Å². The summed E-state index contributed by atoms with van der Waals surface area (Å²) in [5, 5.41) is 11.0. The van der Waals surface area contributed by atoms with Crippen molar-refractivity contribution in [3.05, 3.63) is 83.0 Å². The number of nitrogen functional groups attached to an aromatic ring is 1. The average molecular weight is 637 g/mol. The smallest absolute Gasteiger partial charge is 0.321 e. The van der Waals surface area contributed by atoms with Crippen molar-refractivity contribution in [1.29, 1.82) is 0 Å². The highest BCUT2D eigenvalue weighted by molar-refractivity contribution is 7.72. The molecule has 0 bridgehead atoms. The number of nitrogens with two attached hydrogens (primary N) is 1. The van der Waals surface area contributed by atoms with E-state index in [2.05, 4.69) is 20.9 Å². The predicted octanol–water partition coefficient (Wildman–Crippen LogP) is 4.94. The van der Waals surface area contributed by atoms with Gasteiger partial charge in [0.05, 0.1) is 16.5 Å². The van der Waals surface area contributed by atoms with Crippen LogP contribution in [0, 0.1) is 0 Å². The minimum Gasteiger partial charge on any atom is -0.492 e. The Bertz CT molecular complexity index is 1770. The molecule has 1 atom stereocenters. The SMILES string of the molecule is CCOc1cc(C(Nc2ccc3c(N)nccc3c2)C(=O)NCc2cc(NC(=O)N3CCCC3)ccc2[SH](=O)=O)ccc1Cl. The first-order valence-electron chi connectivity index (χ1n) is 14.2. The highest BCUT2D eigenvalue weighted by Crippen LogP contribution is 2.31. The van der Waals surface area contributed by atoms with Crippen LogP contribution in [0.3, 0.4) is 0 Å². The first kappa shape index (κ1) is 30.9. The molecule has 0 spiro atoms. The maximum Gasteiger partial charge on any atom is 0.321 e. The van der Waals surface area contributed by atoms with Crippen LogP contribution in [0.4, 0.5) is 22.0 Å². The van der Waals surface area contributed by atoms with Crippen molar-refractivity contribution in [2.75, 3.05) is 36.1 Å². The number of fused-ring (bicyclic) bond motifs is 1. The van der Waals surface area contributed by atoms with Crippen LogP contribution in [-0.4, -0.2) is 49.9 Å². The number of carbonyl (C=O) groups is 2. The fourth-order valence-electron chi connectivity index (χ4n) is 5.11. The van der Waals surface area contributed by atoms with Gasteiger partial charge in [0.1, 0.15) is 17.6 Å². The molecule has 230 valence electrons. The molecular formula is C31H33ClN6O5S. The van der Waals surface area contributed by atoms with E-state index in [9.17, 15) is 18.0 Å². The van der Waals surface area contributed by atoms with E-state index in [4.69, 9.17) is 22.1 Å². The molecule has 3 aromatic carbocycles. The third kappa shape index (κ3) is 7.14. The van der Waals surface area contributed by atoms with Gasteiger partial charge in [0, 0.05) is 42.6 Å². The number of ether oxygens (including phenoxy) is 1. The van der Waals surface area contributed by atoms with Gasteiger partial charge in [-0.3, -0.25) is 4.79 Å². The molecule has 1 fully saturated rings. The number of nitrogens with one attached hydrogen (secondary N) is 3. The highest BCUT2D eigenvalue weighted by atomic mass is 35.5. The molecule has 13 heteroatoms. The van der Waals surface area contributed by atoms with E-state index >= 15 is 0 Å². The number of nitrogens with zero attached hydrogens (tertiary/aromatic N) is 2. The average Bonchev–Trinajstić information content (AvgIpc) is 3.56. The number of thiol groups is 1. The summed E-state index contributed by atoms with van der Waals surface area (Å²) in [7, 11) is -2.96. The van der Waals surface area contributed by atoms with Gasteiger partial charge >= 0.3 is 6.03 Å². The largest absolute Gasteiger partial charge is 0.492 e. The second-order valence-electron chi connectivity index (χ2n) is 10.3. The molecule has 0 saturated carbocycles. The molecule has 5 N–H and O–H groups in total. The third-order valence-corrected chi connectivity index (χ3v) is 8.47. The summed E-state index contributed by atoms with van der Waals surface area (Å²) in [6, 6.07) is 15.7. The van der Waals surface area contributed by atoms with Crippen molar-refractivity contribution in [3.63, 3.8) is 0 Å². The molecule has 44 heavy (non-hydrogen) atoms. The van der Waals surface area contributed by atoms with Gasteiger partial charge in [-0.15, -0.1) is 0 Å². The van der Waals surface area contributed by atoms with Crippen molar-refractivity contribution < 1.29 is 22.7 Å². The lowest BCUT2D eigenvalue weighted by Crippen LogP contribution is -2.33. The maximum absolute atomic E-state index is 13.8. The van der Waals surface area contributed by atoms with Crippen molar-refractivity contribution in [2.24, 2.45) is 0 Å². The summed E-state index contributed by atoms with van der Waals surface area (Å²) in [5.74, 6) is 0.396. The van der Waals surface area contributed by atoms with Gasteiger partial charge in [0.25, 0.3) is 0 Å². The number of halogens is 1. The number of rotatable bonds is 10. The van der Waals surface area contributed by atoms with Gasteiger partial charge in [0.15, 0.2) is 10.7 Å². The second kappa shape index (κ2) is 13.8. The fourth-order valence-corrected chi connectivity index (χ4v) is 5.86. The summed E-state index contributed by atoms with van der Waals surface area (Å²) < 4.78 is 29.8. The maximum atomic E-state index is 13.8. The lowest BCUT2D eigenvalue weighted by molar-refractivity contribution is -0.122. The number of anilines is 3. The zero-order valence-electron chi connectivity index (χ0n) is 24.0. The van der Waals surface area contributed by atoms with Crippen LogP contribution in [0.25, 0.3) is 10.8 Å². The number of hydrogen-bond donors (Lipinski definition) is 5. The number of hydrogen-bond acceptors (Lipinski definition) is 8. The van der Waals surface area contributed by atoms with E-state index in [-0.39, 0.29) is 17.5 Å². The second-order valence-corrected chi connectivity index (χ2v) is 11.7. The van der Waals surface area contributed by atoms with Gasteiger partial charge in [-0.1, -0.05) is 17.7 Å². The number of aromatic nitrogens is 1. The molecule has 4 aromatic rings. The third-order valence-electron chi connectivity index (χ3n) is 7.33. The van der Waals surface area contributed by atoms with Crippen LogP contribution in [0.15, 0.2) is 71.8 Å². The molecule has 1 unspecified atom stereocenters. The Morgan fingerprint density at radius 1 is 1.05 bits per heavy atom. The van der Waals surface area contributed by atoms with Crippen molar-refractivity contribution in [3.8, 4) is 5.75 Å². The lowest BCUT2D eigenvalue weighted by atomic mass is 10.0. The molecular weight excluding hydrogens is 604 g/mol. The van der Waals surface area contributed by atoms with E-state index in [0.29, 0.717) is 58.8 Å². The monoisotopic (exact) mass is 636 g/mol. The van der Waals surface area contributed by atoms with E-state index < -0.39 is 22.7 Å². The minimum atomic E-state index is -2.96. The number of amides is 3. The Hall–Kier alpha value is -4.55. The van der Waals surface area contributed by atoms with Crippen molar-refractivity contribution in [1.82, 2.24) is 15.2 Å². The van der Waals surface area contributed by atoms with Crippen LogP contribution in [-0.2, 0) is 22.0 Å². The first-order chi connectivity index (χ1) is 21.2. The van der Waals surface area contributed by atoms with Gasteiger partial charge in [-0.05, 0) is 90.9 Å². The quantitative estimate of drug-likeness (QED) is 0.153. The van der Waals surface area contributed by atoms with Gasteiger partial charge < -0.3 is 31.3 Å². The summed E-state index contributed by atoms with van der Waals surface area (Å²) in [6.45, 7) is 3.46. The Labute approximate surface area is 261 Å². The molecule has 0 radical (unpaired) electrons. The van der Waals surface area contributed by atoms with Crippen LogP contribution in [0.5, 0.6) is 5.75 Å². The first-order valence-corrected chi connectivity index (χ1v) is 15.7. The number of benzene rings is 3. The predicted molar refractivity (Wildman–Crippen MR) is 172 cm³/mol. The van der Waals surface area contributed by atoms with E-state index in [1.54, 1.807) is 41.4 Å². The Kier molecular flexibility index (Phi) is 9.71. The normalized spacial score (nSPS) is 13.6. The van der Waals surface area contributed by atoms with E-state index in [1.165, 1.54) is 12.1 Å². The van der Waals surface area contributed by atoms with Gasteiger partial charge in [-0.2, -0.15) is 0 Å². The zero-order chi connectivity index (χ0) is 31.2. The van der Waals surface area contributed by atoms with Crippen LogP contribution < -0.4 is 26.4 Å². The molecule has 3 amide bonds. The lowest BCUT2D eigenvalue weighted by Gasteiger charge is -2.22. The standard InChI is InChI=1S/C31H33ClN6O5S/c1-2-43-26-17-20(5-9-25(26)32)28(36-22-6-8-24-19(15-22)11-12-34-29(24)33)30(39)35-18-21-16-23(7-10-27(21)44(41)42)37-31(40)38-13-3-4-14-38/h5-12,15-17,28,36,44H,2-4,13-14,18H2,1H3,(H2,33,34)(H,35,39)(H,37,40). The minimum absolute atomic E-state index is 0.0508. The molecule has 0 aliphatic carbocycles. The zero-order valence-corrected chi connectivity index (χ0v) is 25.7. The summed E-state index contributed by atoms with van der Waals surface area (Å²) in [4.78, 5) is 32.3. The number of urea groups is 1. The number of likely N-dealkylation sites (tertiary alicyclic amines) is 1. The van der Waals surface area contributed by atoms with Crippen LogP contribution >= 0.6 is 11.6 Å². The Morgan fingerprint density at radius 2 is 1.82 bits per heavy atom. The molecule has 1 aromatic heterocycles. The fraction of sp³-hybridized carbons (Fsp3) is 0.258. The Balaban J connectivity index is 1.42.